The van der Waals surface area contributed by atoms with Gasteiger partial charge in [-0.1, -0.05) is 12.1 Å². The molecule has 0 atom stereocenters. The number of methoxy groups -OCH3 is 1. The lowest BCUT2D eigenvalue weighted by molar-refractivity contribution is 0.202. The predicted octanol–water partition coefficient (Wildman–Crippen LogP) is 1.18. The molecule has 0 heterocycles. The quantitative estimate of drug-likeness (QED) is 0.719. The van der Waals surface area contributed by atoms with Crippen molar-refractivity contribution in [2.45, 2.75) is 6.42 Å². The summed E-state index contributed by atoms with van der Waals surface area (Å²) in [5.41, 5.74) is 1.95. The molecule has 6 heteroatoms. The fraction of sp³-hybridized carbons (Fsp3) is 0.455. The van der Waals surface area contributed by atoms with Crippen molar-refractivity contribution >= 4 is 15.8 Å². The Morgan fingerprint density at radius 2 is 2.18 bits per heavy atom. The summed E-state index contributed by atoms with van der Waals surface area (Å²) in [6, 6.07) is 7.65. The van der Waals surface area contributed by atoms with E-state index in [-0.39, 0.29) is 12.3 Å². The number of anilines is 1. The van der Waals surface area contributed by atoms with Gasteiger partial charge < -0.3 is 10.1 Å². The minimum atomic E-state index is -3.90. The summed E-state index contributed by atoms with van der Waals surface area (Å²) in [6.45, 7) is 0.834. The molecule has 0 bridgehead atoms. The van der Waals surface area contributed by atoms with Crippen molar-refractivity contribution in [3.8, 4) is 0 Å². The van der Waals surface area contributed by atoms with Crippen LogP contribution in [0.3, 0.4) is 0 Å². The van der Waals surface area contributed by atoms with Gasteiger partial charge >= 0.3 is 0 Å². The Morgan fingerprint density at radius 3 is 2.82 bits per heavy atom. The molecule has 96 valence electrons. The molecule has 0 saturated heterocycles. The summed E-state index contributed by atoms with van der Waals surface area (Å²) in [6.07, 6.45) is 0.810. The molecule has 0 spiro atoms. The number of hydrogen-bond donors (Lipinski definition) is 2. The molecule has 0 aliphatic heterocycles. The number of rotatable bonds is 7. The van der Waals surface area contributed by atoms with Crippen LogP contribution in [0.1, 0.15) is 5.56 Å². The number of ether oxygens (including phenoxy) is 1. The van der Waals surface area contributed by atoms with E-state index in [1.165, 1.54) is 0 Å². The van der Waals surface area contributed by atoms with Crippen LogP contribution in [0.15, 0.2) is 24.3 Å². The molecule has 5 nitrogen and oxygen atoms in total. The zero-order chi connectivity index (χ0) is 12.7. The molecule has 17 heavy (non-hydrogen) atoms. The van der Waals surface area contributed by atoms with Gasteiger partial charge in [-0.15, -0.1) is 0 Å². The van der Waals surface area contributed by atoms with E-state index in [4.69, 9.17) is 9.29 Å². The fourth-order valence-corrected chi connectivity index (χ4v) is 1.74. The van der Waals surface area contributed by atoms with Crippen LogP contribution in [0.5, 0.6) is 0 Å². The van der Waals surface area contributed by atoms with Gasteiger partial charge in [0.1, 0.15) is 0 Å². The van der Waals surface area contributed by atoms with E-state index in [9.17, 15) is 8.42 Å². The van der Waals surface area contributed by atoms with Gasteiger partial charge in [-0.3, -0.25) is 4.55 Å². The van der Waals surface area contributed by atoms with Gasteiger partial charge in [0.25, 0.3) is 10.1 Å². The van der Waals surface area contributed by atoms with Gasteiger partial charge in [-0.05, 0) is 24.1 Å². The zero-order valence-corrected chi connectivity index (χ0v) is 10.5. The summed E-state index contributed by atoms with van der Waals surface area (Å²) in [7, 11) is -2.25. The highest BCUT2D eigenvalue weighted by Crippen LogP contribution is 2.11. The lowest BCUT2D eigenvalue weighted by atomic mass is 10.1. The Labute approximate surface area is 102 Å². The molecule has 0 aromatic heterocycles. The van der Waals surface area contributed by atoms with Gasteiger partial charge in [0, 0.05) is 19.3 Å². The Balaban J connectivity index is 2.48. The van der Waals surface area contributed by atoms with Crippen LogP contribution in [0.25, 0.3) is 0 Å². The molecule has 1 aromatic rings. The maximum atomic E-state index is 10.5. The standard InChI is InChI=1S/C11H17NO4S/c1-16-7-5-10-3-2-4-11(9-10)12-6-8-17(13,14)15/h2-4,9,12H,5-8H2,1H3,(H,13,14,15). The normalized spacial score (nSPS) is 11.4. The second kappa shape index (κ2) is 6.58. The van der Waals surface area contributed by atoms with Crippen LogP contribution in [0.4, 0.5) is 5.69 Å². The van der Waals surface area contributed by atoms with E-state index < -0.39 is 10.1 Å². The Morgan fingerprint density at radius 1 is 1.41 bits per heavy atom. The minimum Gasteiger partial charge on any atom is -0.384 e. The Kier molecular flexibility index (Phi) is 5.40. The SMILES string of the molecule is COCCc1cccc(NCCS(=O)(=O)O)c1. The zero-order valence-electron chi connectivity index (χ0n) is 9.72. The van der Waals surface area contributed by atoms with Crippen molar-refractivity contribution < 1.29 is 17.7 Å². The minimum absolute atomic E-state index is 0.187. The third-order valence-electron chi connectivity index (χ3n) is 2.21. The van der Waals surface area contributed by atoms with Gasteiger partial charge in [0.2, 0.25) is 0 Å². The van der Waals surface area contributed by atoms with Gasteiger partial charge in [-0.2, -0.15) is 8.42 Å². The van der Waals surface area contributed by atoms with Crippen LogP contribution in [-0.4, -0.2) is 39.0 Å². The van der Waals surface area contributed by atoms with Crippen molar-refractivity contribution in [3.63, 3.8) is 0 Å². The Hall–Kier alpha value is -1.11. The number of hydrogen-bond acceptors (Lipinski definition) is 4. The van der Waals surface area contributed by atoms with Crippen LogP contribution in [0, 0.1) is 0 Å². The summed E-state index contributed by atoms with van der Waals surface area (Å²) < 4.78 is 34.6. The maximum Gasteiger partial charge on any atom is 0.266 e. The van der Waals surface area contributed by atoms with Gasteiger partial charge in [-0.25, -0.2) is 0 Å². The van der Waals surface area contributed by atoms with Crippen molar-refractivity contribution in [3.05, 3.63) is 29.8 Å². The highest BCUT2D eigenvalue weighted by molar-refractivity contribution is 7.85. The monoisotopic (exact) mass is 259 g/mol. The first-order valence-corrected chi connectivity index (χ1v) is 6.89. The van der Waals surface area contributed by atoms with Gasteiger partial charge in [0.15, 0.2) is 0 Å². The molecule has 0 unspecified atom stereocenters. The molecule has 0 aliphatic carbocycles. The van der Waals surface area contributed by atoms with Crippen LogP contribution < -0.4 is 5.32 Å². The van der Waals surface area contributed by atoms with Crippen LogP contribution in [-0.2, 0) is 21.3 Å². The van der Waals surface area contributed by atoms with E-state index in [2.05, 4.69) is 5.32 Å². The Bertz CT molecular complexity index is 445. The van der Waals surface area contributed by atoms with E-state index in [1.54, 1.807) is 7.11 Å². The van der Waals surface area contributed by atoms with Crippen molar-refractivity contribution in [1.29, 1.82) is 0 Å². The first-order valence-electron chi connectivity index (χ1n) is 5.28. The topological polar surface area (TPSA) is 75.6 Å². The van der Waals surface area contributed by atoms with Crippen LogP contribution in [0.2, 0.25) is 0 Å². The molecular weight excluding hydrogens is 242 g/mol. The second-order valence-corrected chi connectivity index (χ2v) is 5.23. The highest BCUT2D eigenvalue weighted by atomic mass is 32.2. The summed E-state index contributed by atoms with van der Waals surface area (Å²) in [5.74, 6) is -0.296. The molecule has 1 rings (SSSR count). The van der Waals surface area contributed by atoms with E-state index in [0.29, 0.717) is 6.61 Å². The van der Waals surface area contributed by atoms with Gasteiger partial charge in [0.05, 0.1) is 12.4 Å². The molecule has 0 aliphatic rings. The highest BCUT2D eigenvalue weighted by Gasteiger charge is 2.03. The van der Waals surface area contributed by atoms with E-state index >= 15 is 0 Å². The lowest BCUT2D eigenvalue weighted by Crippen LogP contribution is -2.14. The molecule has 0 saturated carbocycles. The molecule has 0 radical (unpaired) electrons. The van der Waals surface area contributed by atoms with Crippen molar-refractivity contribution in [2.75, 3.05) is 31.3 Å². The van der Waals surface area contributed by atoms with Crippen molar-refractivity contribution in [1.82, 2.24) is 0 Å². The predicted molar refractivity (Wildman–Crippen MR) is 66.9 cm³/mol. The molecular formula is C11H17NO4S. The third-order valence-corrected chi connectivity index (χ3v) is 2.93. The van der Waals surface area contributed by atoms with E-state index in [1.807, 2.05) is 24.3 Å². The first kappa shape index (κ1) is 14.0. The fourth-order valence-electron chi connectivity index (χ4n) is 1.38. The van der Waals surface area contributed by atoms with E-state index in [0.717, 1.165) is 17.7 Å². The molecule has 2 N–H and O–H groups in total. The number of benzene rings is 1. The van der Waals surface area contributed by atoms with Crippen molar-refractivity contribution in [2.24, 2.45) is 0 Å². The molecule has 0 amide bonds. The molecule has 0 fully saturated rings. The van der Waals surface area contributed by atoms with Crippen LogP contribution >= 0.6 is 0 Å². The second-order valence-electron chi connectivity index (χ2n) is 3.66. The lowest BCUT2D eigenvalue weighted by Gasteiger charge is -2.07. The first-order chi connectivity index (χ1) is 8.01. The summed E-state index contributed by atoms with van der Waals surface area (Å²) >= 11 is 0. The molecule has 1 aromatic carbocycles. The third kappa shape index (κ3) is 6.25. The summed E-state index contributed by atoms with van der Waals surface area (Å²) in [5, 5.41) is 2.94. The summed E-state index contributed by atoms with van der Waals surface area (Å²) in [4.78, 5) is 0. The largest absolute Gasteiger partial charge is 0.384 e. The number of nitrogens with one attached hydrogen (secondary N) is 1. The average molecular weight is 259 g/mol. The smallest absolute Gasteiger partial charge is 0.266 e. The maximum absolute atomic E-state index is 10.5. The average Bonchev–Trinajstić information content (AvgIpc) is 2.25.